The maximum atomic E-state index is 13.0. The Morgan fingerprint density at radius 3 is 2.43 bits per heavy atom. The molecule has 2 aromatic carbocycles. The van der Waals surface area contributed by atoms with Crippen LogP contribution in [0, 0.1) is 0 Å². The minimum atomic E-state index is -3.68. The molecule has 0 heterocycles. The number of amides is 1. The van der Waals surface area contributed by atoms with Crippen molar-refractivity contribution >= 4 is 21.9 Å². The molecular weight excluding hydrogens is 380 g/mol. The summed E-state index contributed by atoms with van der Waals surface area (Å²) in [7, 11) is -2.38. The third-order valence-electron chi connectivity index (χ3n) is 4.04. The van der Waals surface area contributed by atoms with Gasteiger partial charge >= 0.3 is 5.97 Å². The van der Waals surface area contributed by atoms with Crippen molar-refractivity contribution in [3.63, 3.8) is 0 Å². The van der Waals surface area contributed by atoms with Gasteiger partial charge in [-0.3, -0.25) is 9.59 Å². The minimum Gasteiger partial charge on any atom is -0.469 e. The average Bonchev–Trinajstić information content (AvgIpc) is 2.71. The first-order valence-electron chi connectivity index (χ1n) is 8.87. The zero-order valence-corrected chi connectivity index (χ0v) is 16.7. The molecule has 0 atom stereocenters. The minimum absolute atomic E-state index is 0.0211. The first kappa shape index (κ1) is 21.6. The molecule has 1 N–H and O–H groups in total. The number of nitrogens with one attached hydrogen (secondary N) is 1. The van der Waals surface area contributed by atoms with Crippen molar-refractivity contribution in [2.24, 2.45) is 0 Å². The number of benzene rings is 2. The molecule has 2 aromatic rings. The molecule has 0 aliphatic rings. The summed E-state index contributed by atoms with van der Waals surface area (Å²) in [4.78, 5) is 26.1. The summed E-state index contributed by atoms with van der Waals surface area (Å²) in [6, 6.07) is 15.2. The highest BCUT2D eigenvalue weighted by atomic mass is 32.2. The topological polar surface area (TPSA) is 92.8 Å². The highest BCUT2D eigenvalue weighted by Gasteiger charge is 2.20. The van der Waals surface area contributed by atoms with Crippen LogP contribution in [0.4, 0.5) is 0 Å². The quantitative estimate of drug-likeness (QED) is 0.647. The first-order valence-corrected chi connectivity index (χ1v) is 10.4. The van der Waals surface area contributed by atoms with Crippen molar-refractivity contribution in [1.82, 2.24) is 9.62 Å². The van der Waals surface area contributed by atoms with Gasteiger partial charge in [0.15, 0.2) is 0 Å². The van der Waals surface area contributed by atoms with E-state index in [1.54, 1.807) is 13.0 Å². The Balaban J connectivity index is 2.29. The van der Waals surface area contributed by atoms with Crippen molar-refractivity contribution in [2.45, 2.75) is 24.8 Å². The highest BCUT2D eigenvalue weighted by Crippen LogP contribution is 2.15. The van der Waals surface area contributed by atoms with Crippen LogP contribution in [0.3, 0.4) is 0 Å². The molecule has 7 nitrogen and oxygen atoms in total. The van der Waals surface area contributed by atoms with E-state index in [9.17, 15) is 18.0 Å². The van der Waals surface area contributed by atoms with Crippen molar-refractivity contribution in [3.8, 4) is 0 Å². The van der Waals surface area contributed by atoms with Crippen LogP contribution in [0.2, 0.25) is 0 Å². The van der Waals surface area contributed by atoms with Gasteiger partial charge in [0.05, 0.1) is 18.4 Å². The van der Waals surface area contributed by atoms with Gasteiger partial charge in [0.25, 0.3) is 5.91 Å². The Kier molecular flexibility index (Phi) is 7.71. The summed E-state index contributed by atoms with van der Waals surface area (Å²) in [5.41, 5.74) is 1.14. The molecule has 0 aromatic heterocycles. The summed E-state index contributed by atoms with van der Waals surface area (Å²) in [5.74, 6) is -0.782. The molecule has 0 spiro atoms. The number of methoxy groups -OCH3 is 1. The van der Waals surface area contributed by atoms with Gasteiger partial charge in [-0.15, -0.1) is 0 Å². The number of esters is 1. The average molecular weight is 404 g/mol. The fraction of sp³-hybridized carbons (Fsp3) is 0.300. The smallest absolute Gasteiger partial charge is 0.307 e. The maximum Gasteiger partial charge on any atom is 0.307 e. The Morgan fingerprint density at radius 2 is 1.79 bits per heavy atom. The van der Waals surface area contributed by atoms with E-state index in [2.05, 4.69) is 9.46 Å². The lowest BCUT2D eigenvalue weighted by molar-refractivity contribution is -0.140. The third kappa shape index (κ3) is 5.90. The lowest BCUT2D eigenvalue weighted by Gasteiger charge is -2.23. The molecule has 0 aliphatic heterocycles. The van der Waals surface area contributed by atoms with Crippen LogP contribution in [0.1, 0.15) is 29.3 Å². The van der Waals surface area contributed by atoms with Gasteiger partial charge in [0.1, 0.15) is 0 Å². The second-order valence-electron chi connectivity index (χ2n) is 6.07. The number of hydrogen-bond donors (Lipinski definition) is 1. The Bertz CT molecular complexity index is 913. The fourth-order valence-corrected chi connectivity index (χ4v) is 3.72. The maximum absolute atomic E-state index is 13.0. The van der Waals surface area contributed by atoms with E-state index in [0.29, 0.717) is 6.54 Å². The van der Waals surface area contributed by atoms with Crippen LogP contribution in [-0.4, -0.2) is 45.4 Å². The zero-order chi connectivity index (χ0) is 20.6. The molecule has 0 saturated carbocycles. The van der Waals surface area contributed by atoms with Crippen molar-refractivity contribution in [1.29, 1.82) is 0 Å². The molecule has 0 unspecified atom stereocenters. The SMILES string of the molecule is CCNS(=O)(=O)c1cccc(C(=O)N(CCC(=O)OC)Cc2ccccc2)c1. The number of sulfonamides is 1. The van der Waals surface area contributed by atoms with Crippen LogP contribution >= 0.6 is 0 Å². The van der Waals surface area contributed by atoms with Gasteiger partial charge in [-0.1, -0.05) is 43.3 Å². The summed E-state index contributed by atoms with van der Waals surface area (Å²) >= 11 is 0. The molecular formula is C20H24N2O5S. The molecule has 2 rings (SSSR count). The lowest BCUT2D eigenvalue weighted by Crippen LogP contribution is -2.33. The molecule has 0 bridgehead atoms. The van der Waals surface area contributed by atoms with Gasteiger partial charge in [-0.05, 0) is 23.8 Å². The van der Waals surface area contributed by atoms with Gasteiger partial charge in [-0.2, -0.15) is 0 Å². The number of carbonyl (C=O) groups is 2. The Morgan fingerprint density at radius 1 is 1.07 bits per heavy atom. The predicted molar refractivity (Wildman–Crippen MR) is 105 cm³/mol. The molecule has 28 heavy (non-hydrogen) atoms. The van der Waals surface area contributed by atoms with E-state index < -0.39 is 16.0 Å². The summed E-state index contributed by atoms with van der Waals surface area (Å²) in [6.45, 7) is 2.38. The molecule has 8 heteroatoms. The van der Waals surface area contributed by atoms with E-state index in [4.69, 9.17) is 0 Å². The molecule has 150 valence electrons. The number of hydrogen-bond acceptors (Lipinski definition) is 5. The lowest BCUT2D eigenvalue weighted by atomic mass is 10.1. The summed E-state index contributed by atoms with van der Waals surface area (Å²) < 4.78 is 31.5. The van der Waals surface area contributed by atoms with E-state index in [1.807, 2.05) is 30.3 Å². The van der Waals surface area contributed by atoms with Gasteiger partial charge in [0.2, 0.25) is 10.0 Å². The number of rotatable bonds is 9. The standard InChI is InChI=1S/C20H24N2O5S/c1-3-21-28(25,26)18-11-7-10-17(14-18)20(24)22(13-12-19(23)27-2)15-16-8-5-4-6-9-16/h4-11,14,21H,3,12-13,15H2,1-2H3. The predicted octanol–water partition coefficient (Wildman–Crippen LogP) is 2.19. The van der Waals surface area contributed by atoms with Crippen molar-refractivity contribution in [3.05, 3.63) is 65.7 Å². The van der Waals surface area contributed by atoms with Crippen LogP contribution in [-0.2, 0) is 26.1 Å². The second kappa shape index (κ2) is 10.0. The van der Waals surface area contributed by atoms with Crippen LogP contribution in [0.15, 0.2) is 59.5 Å². The number of carbonyl (C=O) groups excluding carboxylic acids is 2. The molecule has 0 aliphatic carbocycles. The Hall–Kier alpha value is -2.71. The third-order valence-corrected chi connectivity index (χ3v) is 5.59. The van der Waals surface area contributed by atoms with Gasteiger partial charge in [0, 0.05) is 25.2 Å². The number of nitrogens with zero attached hydrogens (tertiary/aromatic N) is 1. The van der Waals surface area contributed by atoms with Gasteiger partial charge in [-0.25, -0.2) is 13.1 Å². The zero-order valence-electron chi connectivity index (χ0n) is 15.9. The van der Waals surface area contributed by atoms with Crippen molar-refractivity contribution in [2.75, 3.05) is 20.2 Å². The van der Waals surface area contributed by atoms with Gasteiger partial charge < -0.3 is 9.64 Å². The molecule has 0 radical (unpaired) electrons. The van der Waals surface area contributed by atoms with E-state index >= 15 is 0 Å². The molecule has 0 fully saturated rings. The Labute approximate surface area is 165 Å². The number of ether oxygens (including phenoxy) is 1. The van der Waals surface area contributed by atoms with Crippen LogP contribution in [0.25, 0.3) is 0 Å². The normalized spacial score (nSPS) is 11.1. The van der Waals surface area contributed by atoms with E-state index in [1.165, 1.54) is 30.2 Å². The monoisotopic (exact) mass is 404 g/mol. The molecule has 0 saturated heterocycles. The van der Waals surface area contributed by atoms with Crippen LogP contribution < -0.4 is 4.72 Å². The second-order valence-corrected chi connectivity index (χ2v) is 7.83. The highest BCUT2D eigenvalue weighted by molar-refractivity contribution is 7.89. The largest absolute Gasteiger partial charge is 0.469 e. The first-order chi connectivity index (χ1) is 13.4. The van der Waals surface area contributed by atoms with E-state index in [-0.39, 0.29) is 35.9 Å². The van der Waals surface area contributed by atoms with Crippen LogP contribution in [0.5, 0.6) is 0 Å². The fourth-order valence-electron chi connectivity index (χ4n) is 2.64. The van der Waals surface area contributed by atoms with E-state index in [0.717, 1.165) is 5.56 Å². The molecule has 1 amide bonds. The summed E-state index contributed by atoms with van der Waals surface area (Å²) in [5, 5.41) is 0. The van der Waals surface area contributed by atoms with Crippen molar-refractivity contribution < 1.29 is 22.7 Å². The summed E-state index contributed by atoms with van der Waals surface area (Å²) in [6.07, 6.45) is 0.0461.